The zero-order valence-corrected chi connectivity index (χ0v) is 9.87. The van der Waals surface area contributed by atoms with Crippen molar-refractivity contribution < 1.29 is 0 Å². The van der Waals surface area contributed by atoms with Gasteiger partial charge in [-0.25, -0.2) is 4.98 Å². The van der Waals surface area contributed by atoms with Crippen molar-refractivity contribution in [2.75, 3.05) is 17.6 Å². The standard InChI is InChI=1S/C12H20N4/c1-12(5-3-2-4-6-12)9-15-11-8-14-7-10(13)16-11/h7-8H,2-6,9H2,1H3,(H3,13,15,16). The zero-order chi connectivity index (χ0) is 11.4. The van der Waals surface area contributed by atoms with E-state index in [1.54, 1.807) is 12.4 Å². The third-order valence-corrected chi connectivity index (χ3v) is 3.41. The fourth-order valence-corrected chi connectivity index (χ4v) is 2.35. The highest BCUT2D eigenvalue weighted by molar-refractivity contribution is 5.38. The number of hydrogen-bond acceptors (Lipinski definition) is 4. The molecule has 16 heavy (non-hydrogen) atoms. The molecule has 1 saturated carbocycles. The van der Waals surface area contributed by atoms with Crippen molar-refractivity contribution in [1.29, 1.82) is 0 Å². The zero-order valence-electron chi connectivity index (χ0n) is 9.87. The monoisotopic (exact) mass is 220 g/mol. The van der Waals surface area contributed by atoms with Gasteiger partial charge in [-0.3, -0.25) is 4.98 Å². The molecule has 0 atom stereocenters. The fraction of sp³-hybridized carbons (Fsp3) is 0.667. The summed E-state index contributed by atoms with van der Waals surface area (Å²) in [5.74, 6) is 1.26. The molecule has 1 heterocycles. The summed E-state index contributed by atoms with van der Waals surface area (Å²) in [4.78, 5) is 8.21. The quantitative estimate of drug-likeness (QED) is 0.821. The maximum Gasteiger partial charge on any atom is 0.146 e. The average Bonchev–Trinajstić information content (AvgIpc) is 2.28. The highest BCUT2D eigenvalue weighted by Crippen LogP contribution is 2.35. The smallest absolute Gasteiger partial charge is 0.146 e. The molecular weight excluding hydrogens is 200 g/mol. The first-order chi connectivity index (χ1) is 7.68. The van der Waals surface area contributed by atoms with Crippen molar-refractivity contribution >= 4 is 11.6 Å². The predicted octanol–water partition coefficient (Wildman–Crippen LogP) is 2.44. The number of rotatable bonds is 3. The molecule has 4 nitrogen and oxygen atoms in total. The molecule has 0 spiro atoms. The van der Waals surface area contributed by atoms with E-state index < -0.39 is 0 Å². The Bertz CT molecular complexity index is 345. The van der Waals surface area contributed by atoms with Crippen LogP contribution >= 0.6 is 0 Å². The van der Waals surface area contributed by atoms with Crippen molar-refractivity contribution in [2.45, 2.75) is 39.0 Å². The third-order valence-electron chi connectivity index (χ3n) is 3.41. The molecule has 0 aromatic carbocycles. The summed E-state index contributed by atoms with van der Waals surface area (Å²) in [7, 11) is 0. The van der Waals surface area contributed by atoms with E-state index >= 15 is 0 Å². The number of nitrogens with zero attached hydrogens (tertiary/aromatic N) is 2. The summed E-state index contributed by atoms with van der Waals surface area (Å²) in [5.41, 5.74) is 5.99. The van der Waals surface area contributed by atoms with Crippen LogP contribution in [0.1, 0.15) is 39.0 Å². The molecule has 1 fully saturated rings. The minimum atomic E-state index is 0.407. The molecule has 4 heteroatoms. The van der Waals surface area contributed by atoms with Crippen LogP contribution in [0, 0.1) is 5.41 Å². The molecule has 0 unspecified atom stereocenters. The lowest BCUT2D eigenvalue weighted by Gasteiger charge is -2.33. The third kappa shape index (κ3) is 2.84. The van der Waals surface area contributed by atoms with Gasteiger partial charge in [0.15, 0.2) is 0 Å². The summed E-state index contributed by atoms with van der Waals surface area (Å²) in [5, 5.41) is 3.34. The van der Waals surface area contributed by atoms with E-state index in [1.165, 1.54) is 32.1 Å². The molecule has 1 aliphatic rings. The second kappa shape index (κ2) is 4.68. The van der Waals surface area contributed by atoms with E-state index in [4.69, 9.17) is 5.73 Å². The van der Waals surface area contributed by atoms with E-state index in [9.17, 15) is 0 Å². The average molecular weight is 220 g/mol. The van der Waals surface area contributed by atoms with E-state index in [1.807, 2.05) is 0 Å². The summed E-state index contributed by atoms with van der Waals surface area (Å²) in [6, 6.07) is 0. The summed E-state index contributed by atoms with van der Waals surface area (Å²) < 4.78 is 0. The molecule has 0 amide bonds. The predicted molar refractivity (Wildman–Crippen MR) is 66.1 cm³/mol. The maximum absolute atomic E-state index is 5.59. The first kappa shape index (κ1) is 11.2. The van der Waals surface area contributed by atoms with Crippen LogP contribution in [-0.2, 0) is 0 Å². The Kier molecular flexibility index (Phi) is 3.27. The van der Waals surface area contributed by atoms with Crippen LogP contribution in [0.3, 0.4) is 0 Å². The van der Waals surface area contributed by atoms with Gasteiger partial charge >= 0.3 is 0 Å². The van der Waals surface area contributed by atoms with Gasteiger partial charge in [-0.2, -0.15) is 0 Å². The van der Waals surface area contributed by atoms with Crippen molar-refractivity contribution in [2.24, 2.45) is 5.41 Å². The lowest BCUT2D eigenvalue weighted by molar-refractivity contribution is 0.233. The lowest BCUT2D eigenvalue weighted by Crippen LogP contribution is -2.29. The van der Waals surface area contributed by atoms with E-state index in [-0.39, 0.29) is 0 Å². The highest BCUT2D eigenvalue weighted by Gasteiger charge is 2.26. The molecule has 1 aromatic rings. The van der Waals surface area contributed by atoms with E-state index in [0.717, 1.165) is 12.4 Å². The molecule has 1 aliphatic carbocycles. The van der Waals surface area contributed by atoms with Gasteiger partial charge in [-0.05, 0) is 18.3 Å². The number of nitrogens with one attached hydrogen (secondary N) is 1. The SMILES string of the molecule is CC1(CNc2cncc(N)n2)CCCCC1. The lowest BCUT2D eigenvalue weighted by atomic mass is 9.76. The van der Waals surface area contributed by atoms with Crippen LogP contribution in [-0.4, -0.2) is 16.5 Å². The normalized spacial score (nSPS) is 19.3. The van der Waals surface area contributed by atoms with Crippen molar-refractivity contribution in [3.63, 3.8) is 0 Å². The molecule has 3 N–H and O–H groups in total. The van der Waals surface area contributed by atoms with Crippen LogP contribution in [0.4, 0.5) is 11.6 Å². The highest BCUT2D eigenvalue weighted by atomic mass is 15.0. The summed E-state index contributed by atoms with van der Waals surface area (Å²) in [6.07, 6.45) is 9.97. The number of nitrogens with two attached hydrogens (primary N) is 1. The molecule has 1 aromatic heterocycles. The van der Waals surface area contributed by atoms with Crippen LogP contribution in [0.25, 0.3) is 0 Å². The van der Waals surface area contributed by atoms with Gasteiger partial charge in [0.05, 0.1) is 12.4 Å². The summed E-state index contributed by atoms with van der Waals surface area (Å²) in [6.45, 7) is 3.31. The van der Waals surface area contributed by atoms with E-state index in [0.29, 0.717) is 11.2 Å². The van der Waals surface area contributed by atoms with Crippen LogP contribution in [0.5, 0.6) is 0 Å². The van der Waals surface area contributed by atoms with Crippen molar-refractivity contribution in [1.82, 2.24) is 9.97 Å². The number of nitrogen functional groups attached to an aromatic ring is 1. The molecular formula is C12H20N4. The first-order valence-electron chi connectivity index (χ1n) is 5.99. The van der Waals surface area contributed by atoms with Gasteiger partial charge in [0, 0.05) is 6.54 Å². The largest absolute Gasteiger partial charge is 0.382 e. The molecule has 0 bridgehead atoms. The molecule has 2 rings (SSSR count). The Labute approximate surface area is 96.7 Å². The minimum Gasteiger partial charge on any atom is -0.382 e. The molecule has 0 aliphatic heterocycles. The van der Waals surface area contributed by atoms with Gasteiger partial charge in [0.2, 0.25) is 0 Å². The fourth-order valence-electron chi connectivity index (χ4n) is 2.35. The summed E-state index contributed by atoms with van der Waals surface area (Å²) >= 11 is 0. The minimum absolute atomic E-state index is 0.407. The van der Waals surface area contributed by atoms with Crippen molar-refractivity contribution in [3.05, 3.63) is 12.4 Å². The van der Waals surface area contributed by atoms with Crippen LogP contribution in [0.2, 0.25) is 0 Å². The van der Waals surface area contributed by atoms with Gasteiger partial charge in [-0.1, -0.05) is 26.2 Å². The van der Waals surface area contributed by atoms with Crippen LogP contribution in [0.15, 0.2) is 12.4 Å². The molecule has 0 radical (unpaired) electrons. The number of hydrogen-bond donors (Lipinski definition) is 2. The first-order valence-corrected chi connectivity index (χ1v) is 5.99. The molecule has 88 valence electrons. The van der Waals surface area contributed by atoms with Crippen LogP contribution < -0.4 is 11.1 Å². The van der Waals surface area contributed by atoms with Crippen molar-refractivity contribution in [3.8, 4) is 0 Å². The topological polar surface area (TPSA) is 63.8 Å². The second-order valence-electron chi connectivity index (χ2n) is 5.05. The van der Waals surface area contributed by atoms with Gasteiger partial charge in [0.1, 0.15) is 11.6 Å². The number of aromatic nitrogens is 2. The Morgan fingerprint density at radius 2 is 2.06 bits per heavy atom. The Hall–Kier alpha value is -1.32. The van der Waals surface area contributed by atoms with Gasteiger partial charge < -0.3 is 11.1 Å². The second-order valence-corrected chi connectivity index (χ2v) is 5.05. The Balaban J connectivity index is 1.91. The Morgan fingerprint density at radius 3 is 2.75 bits per heavy atom. The van der Waals surface area contributed by atoms with Gasteiger partial charge in [-0.15, -0.1) is 0 Å². The Morgan fingerprint density at radius 1 is 1.31 bits per heavy atom. The van der Waals surface area contributed by atoms with Gasteiger partial charge in [0.25, 0.3) is 0 Å². The number of anilines is 2. The maximum atomic E-state index is 5.59. The van der Waals surface area contributed by atoms with E-state index in [2.05, 4.69) is 22.2 Å². The molecule has 0 saturated heterocycles.